The average Bonchev–Trinajstić information content (AvgIpc) is 2.94. The van der Waals surface area contributed by atoms with E-state index < -0.39 is 17.9 Å². The second-order valence-electron chi connectivity index (χ2n) is 10.1. The van der Waals surface area contributed by atoms with Crippen molar-refractivity contribution in [3.63, 3.8) is 0 Å². The van der Waals surface area contributed by atoms with Crippen LogP contribution in [0.3, 0.4) is 0 Å². The Balaban J connectivity index is 1.36. The minimum absolute atomic E-state index is 0.00279. The summed E-state index contributed by atoms with van der Waals surface area (Å²) >= 11 is 0. The summed E-state index contributed by atoms with van der Waals surface area (Å²) in [7, 11) is 0. The molecule has 0 heterocycles. The molecular formula is C32H38O10. The van der Waals surface area contributed by atoms with Crippen LogP contribution in [-0.4, -0.2) is 50.5 Å². The van der Waals surface area contributed by atoms with Crippen molar-refractivity contribution in [1.82, 2.24) is 0 Å². The van der Waals surface area contributed by atoms with Crippen LogP contribution >= 0.6 is 0 Å². The number of hydrogen-bond donors (Lipinski definition) is 0. The molecule has 0 saturated heterocycles. The van der Waals surface area contributed by atoms with E-state index in [2.05, 4.69) is 13.2 Å². The maximum absolute atomic E-state index is 12.8. The Morgan fingerprint density at radius 2 is 1.24 bits per heavy atom. The molecule has 2 aromatic carbocycles. The van der Waals surface area contributed by atoms with Crippen LogP contribution in [0.25, 0.3) is 0 Å². The number of hydrogen-bond acceptors (Lipinski definition) is 10. The van der Waals surface area contributed by atoms with E-state index in [0.29, 0.717) is 46.8 Å². The lowest BCUT2D eigenvalue weighted by Crippen LogP contribution is -2.29. The van der Waals surface area contributed by atoms with Crippen molar-refractivity contribution in [3.8, 4) is 17.2 Å². The lowest BCUT2D eigenvalue weighted by molar-refractivity contribution is -0.146. The third-order valence-electron chi connectivity index (χ3n) is 6.51. The summed E-state index contributed by atoms with van der Waals surface area (Å²) in [6.45, 7) is 13.5. The van der Waals surface area contributed by atoms with Crippen molar-refractivity contribution >= 4 is 17.9 Å². The van der Waals surface area contributed by atoms with Crippen molar-refractivity contribution in [3.05, 3.63) is 77.4 Å². The van der Waals surface area contributed by atoms with Gasteiger partial charge >= 0.3 is 17.9 Å². The third kappa shape index (κ3) is 9.95. The SMILES string of the molecule is C=C(C)C(=O)OCOc1ccc(OCOC2CCC(OC(=O)c3ccc(OCOC(=O)C(=C)C)cc3C)CC2)c(C)c1. The molecular weight excluding hydrogens is 544 g/mol. The molecule has 1 aliphatic carbocycles. The van der Waals surface area contributed by atoms with E-state index in [1.165, 1.54) is 0 Å². The molecule has 0 aromatic heterocycles. The molecule has 0 unspecified atom stereocenters. The average molecular weight is 583 g/mol. The Bertz CT molecular complexity index is 1290. The van der Waals surface area contributed by atoms with E-state index >= 15 is 0 Å². The quantitative estimate of drug-likeness (QED) is 0.118. The van der Waals surface area contributed by atoms with Gasteiger partial charge in [-0.2, -0.15) is 0 Å². The zero-order valence-electron chi connectivity index (χ0n) is 24.6. The van der Waals surface area contributed by atoms with E-state index in [-0.39, 0.29) is 38.2 Å². The highest BCUT2D eigenvalue weighted by atomic mass is 16.7. The molecule has 10 heteroatoms. The van der Waals surface area contributed by atoms with Crippen LogP contribution in [0.15, 0.2) is 60.7 Å². The maximum Gasteiger partial charge on any atom is 0.338 e. The van der Waals surface area contributed by atoms with Gasteiger partial charge in [0, 0.05) is 11.1 Å². The first-order chi connectivity index (χ1) is 20.0. The summed E-state index contributed by atoms with van der Waals surface area (Å²) in [6, 6.07) is 10.2. The second-order valence-corrected chi connectivity index (χ2v) is 10.1. The zero-order valence-corrected chi connectivity index (χ0v) is 24.6. The first-order valence-corrected chi connectivity index (χ1v) is 13.6. The number of carbonyl (C=O) groups is 3. The molecule has 3 rings (SSSR count). The van der Waals surface area contributed by atoms with Gasteiger partial charge in [-0.05, 0) is 101 Å². The highest BCUT2D eigenvalue weighted by molar-refractivity contribution is 5.91. The molecule has 2 aromatic rings. The van der Waals surface area contributed by atoms with Gasteiger partial charge in [-0.1, -0.05) is 13.2 Å². The van der Waals surface area contributed by atoms with E-state index in [0.717, 1.165) is 18.4 Å². The molecule has 1 fully saturated rings. The smallest absolute Gasteiger partial charge is 0.338 e. The van der Waals surface area contributed by atoms with Crippen LogP contribution in [0.1, 0.15) is 61.0 Å². The number of rotatable bonds is 14. The van der Waals surface area contributed by atoms with Gasteiger partial charge in [-0.3, -0.25) is 0 Å². The summed E-state index contributed by atoms with van der Waals surface area (Å²) in [5.41, 5.74) is 2.58. The first kappa shape index (κ1) is 32.2. The maximum atomic E-state index is 12.8. The Morgan fingerprint density at radius 1 is 0.714 bits per heavy atom. The Kier molecular flexibility index (Phi) is 12.0. The second kappa shape index (κ2) is 15.6. The third-order valence-corrected chi connectivity index (χ3v) is 6.51. The van der Waals surface area contributed by atoms with Gasteiger partial charge in [0.25, 0.3) is 0 Å². The van der Waals surface area contributed by atoms with Crippen LogP contribution in [0.4, 0.5) is 0 Å². The highest BCUT2D eigenvalue weighted by Gasteiger charge is 2.25. The van der Waals surface area contributed by atoms with E-state index in [1.54, 1.807) is 57.2 Å². The fraction of sp³-hybridized carbons (Fsp3) is 0.406. The van der Waals surface area contributed by atoms with Crippen molar-refractivity contribution in [2.24, 2.45) is 0 Å². The fourth-order valence-electron chi connectivity index (χ4n) is 4.10. The van der Waals surface area contributed by atoms with Crippen LogP contribution in [0.2, 0.25) is 0 Å². The van der Waals surface area contributed by atoms with Gasteiger partial charge in [-0.25, -0.2) is 14.4 Å². The molecule has 0 radical (unpaired) electrons. The standard InChI is InChI=1S/C32H38O10/c1-20(2)30(33)40-18-37-26-11-13-28(22(5)15-26)32(35)42-25-9-7-24(8-10-25)36-17-39-29-14-12-27(16-23(29)6)38-19-41-31(34)21(3)4/h11-16,24-25H,1,3,7-10,17-19H2,2,4-6H3. The van der Waals surface area contributed by atoms with Gasteiger partial charge in [0.05, 0.1) is 11.7 Å². The van der Waals surface area contributed by atoms with Gasteiger partial charge in [0.15, 0.2) is 6.79 Å². The highest BCUT2D eigenvalue weighted by Crippen LogP contribution is 2.27. The van der Waals surface area contributed by atoms with E-state index in [1.807, 2.05) is 6.92 Å². The van der Waals surface area contributed by atoms with Gasteiger partial charge in [0.1, 0.15) is 23.4 Å². The minimum Gasteiger partial charge on any atom is -0.467 e. The Labute approximate surface area is 246 Å². The van der Waals surface area contributed by atoms with Crippen molar-refractivity contribution in [2.75, 3.05) is 20.4 Å². The molecule has 1 saturated carbocycles. The molecule has 0 spiro atoms. The lowest BCUT2D eigenvalue weighted by Gasteiger charge is -2.28. The molecule has 226 valence electrons. The van der Waals surface area contributed by atoms with Crippen LogP contribution in [0, 0.1) is 13.8 Å². The van der Waals surface area contributed by atoms with Crippen LogP contribution in [-0.2, 0) is 28.5 Å². The molecule has 1 aliphatic rings. The molecule has 0 aliphatic heterocycles. The normalized spacial score (nSPS) is 16.1. The molecule has 42 heavy (non-hydrogen) atoms. The van der Waals surface area contributed by atoms with Crippen molar-refractivity contribution in [2.45, 2.75) is 65.6 Å². The van der Waals surface area contributed by atoms with E-state index in [9.17, 15) is 14.4 Å². The molecule has 0 N–H and O–H groups in total. The summed E-state index contributed by atoms with van der Waals surface area (Å²) in [5, 5.41) is 0. The lowest BCUT2D eigenvalue weighted by atomic mass is 9.95. The van der Waals surface area contributed by atoms with E-state index in [4.69, 9.17) is 33.2 Å². The number of aryl methyl sites for hydroxylation is 2. The predicted molar refractivity (Wildman–Crippen MR) is 153 cm³/mol. The largest absolute Gasteiger partial charge is 0.467 e. The Hall–Kier alpha value is -4.31. The molecule has 0 amide bonds. The minimum atomic E-state index is -0.534. The number of benzene rings is 2. The topological polar surface area (TPSA) is 116 Å². The molecule has 0 atom stereocenters. The summed E-state index contributed by atoms with van der Waals surface area (Å²) in [4.78, 5) is 35.7. The van der Waals surface area contributed by atoms with Gasteiger partial charge in [-0.15, -0.1) is 0 Å². The van der Waals surface area contributed by atoms with Crippen LogP contribution < -0.4 is 14.2 Å². The van der Waals surface area contributed by atoms with Crippen molar-refractivity contribution < 1.29 is 47.5 Å². The summed E-state index contributed by atoms with van der Waals surface area (Å²) in [5.74, 6) is 0.239. The molecule has 0 bridgehead atoms. The molecule has 10 nitrogen and oxygen atoms in total. The Morgan fingerprint density at radius 3 is 1.76 bits per heavy atom. The summed E-state index contributed by atoms with van der Waals surface area (Å²) in [6.07, 6.45) is 2.66. The first-order valence-electron chi connectivity index (χ1n) is 13.6. The summed E-state index contributed by atoms with van der Waals surface area (Å²) < 4.78 is 38.2. The predicted octanol–water partition coefficient (Wildman–Crippen LogP) is 5.74. The number of esters is 3. The number of ether oxygens (including phenoxy) is 7. The number of carbonyl (C=O) groups excluding carboxylic acids is 3. The fourth-order valence-corrected chi connectivity index (χ4v) is 4.10. The zero-order chi connectivity index (χ0) is 30.6. The van der Waals surface area contributed by atoms with Crippen molar-refractivity contribution in [1.29, 1.82) is 0 Å². The van der Waals surface area contributed by atoms with Gasteiger partial charge in [0.2, 0.25) is 13.6 Å². The monoisotopic (exact) mass is 582 g/mol. The van der Waals surface area contributed by atoms with Crippen LogP contribution in [0.5, 0.6) is 17.2 Å². The van der Waals surface area contributed by atoms with Gasteiger partial charge < -0.3 is 33.2 Å².